The van der Waals surface area contributed by atoms with E-state index < -0.39 is 9.84 Å². The lowest BCUT2D eigenvalue weighted by molar-refractivity contribution is 0.0376. The molecule has 2 aromatic carbocycles. The van der Waals surface area contributed by atoms with E-state index in [4.69, 9.17) is 14.5 Å². The Morgan fingerprint density at radius 1 is 1.18 bits per heavy atom. The number of carbonyl (C=O) groups excluding carboxylic acids is 1. The number of aromatic nitrogens is 1. The normalized spacial score (nSPS) is 14.9. The molecule has 0 N–H and O–H groups in total. The van der Waals surface area contributed by atoms with Gasteiger partial charge in [0, 0.05) is 32.4 Å². The van der Waals surface area contributed by atoms with Gasteiger partial charge in [-0.15, -0.1) is 0 Å². The molecule has 3 aromatic rings. The van der Waals surface area contributed by atoms with Gasteiger partial charge >= 0.3 is 0 Å². The quantitative estimate of drug-likeness (QED) is 0.442. The lowest BCUT2D eigenvalue weighted by Crippen LogP contribution is -2.39. The predicted octanol–water partition coefficient (Wildman–Crippen LogP) is 3.47. The summed E-state index contributed by atoms with van der Waals surface area (Å²) in [6, 6.07) is 12.0. The van der Waals surface area contributed by atoms with Crippen LogP contribution in [0.1, 0.15) is 23.7 Å². The maximum absolute atomic E-state index is 13.7. The zero-order valence-corrected chi connectivity index (χ0v) is 21.0. The summed E-state index contributed by atoms with van der Waals surface area (Å²) in [7, 11) is -3.58. The second-order valence-electron chi connectivity index (χ2n) is 8.07. The second kappa shape index (κ2) is 10.8. The Hall–Kier alpha value is -2.53. The monoisotopic (exact) mass is 503 g/mol. The topological polar surface area (TPSA) is 89.0 Å². The maximum Gasteiger partial charge on any atom is 0.261 e. The molecule has 0 radical (unpaired) electrons. The van der Waals surface area contributed by atoms with Gasteiger partial charge in [0.2, 0.25) is 0 Å². The molecule has 1 aromatic heterocycles. The zero-order valence-electron chi connectivity index (χ0n) is 19.4. The highest BCUT2D eigenvalue weighted by atomic mass is 32.2. The molecular formula is C24H29N3O5S2. The number of anilines is 1. The van der Waals surface area contributed by atoms with E-state index in [-0.39, 0.29) is 16.4 Å². The van der Waals surface area contributed by atoms with E-state index in [1.54, 1.807) is 23.1 Å². The molecule has 2 heterocycles. The van der Waals surface area contributed by atoms with Crippen LogP contribution >= 0.6 is 11.3 Å². The first-order valence-corrected chi connectivity index (χ1v) is 14.0. The fraction of sp³-hybridized carbons (Fsp3) is 0.417. The third-order valence-electron chi connectivity index (χ3n) is 5.62. The van der Waals surface area contributed by atoms with Gasteiger partial charge in [-0.1, -0.05) is 29.5 Å². The summed E-state index contributed by atoms with van der Waals surface area (Å²) in [6.07, 6.45) is 1.84. The fourth-order valence-corrected chi connectivity index (χ4v) is 5.86. The minimum absolute atomic E-state index is 0.0225. The predicted molar refractivity (Wildman–Crippen MR) is 134 cm³/mol. The van der Waals surface area contributed by atoms with Crippen molar-refractivity contribution in [1.29, 1.82) is 0 Å². The lowest BCUT2D eigenvalue weighted by atomic mass is 10.2. The van der Waals surface area contributed by atoms with Crippen molar-refractivity contribution in [3.8, 4) is 5.75 Å². The number of benzene rings is 2. The number of fused-ring (bicyclic) bond motifs is 1. The number of sulfone groups is 1. The smallest absolute Gasteiger partial charge is 0.261 e. The number of para-hydroxylation sites is 1. The molecule has 4 rings (SSSR count). The van der Waals surface area contributed by atoms with Crippen LogP contribution in [0.3, 0.4) is 0 Å². The molecule has 0 saturated carbocycles. The molecule has 0 atom stereocenters. The summed E-state index contributed by atoms with van der Waals surface area (Å²) in [6.45, 7) is 6.80. The summed E-state index contributed by atoms with van der Waals surface area (Å²) < 4.78 is 36.8. The van der Waals surface area contributed by atoms with Gasteiger partial charge in [-0.25, -0.2) is 13.4 Å². The van der Waals surface area contributed by atoms with Gasteiger partial charge < -0.3 is 9.47 Å². The third-order valence-corrected chi connectivity index (χ3v) is 7.82. The van der Waals surface area contributed by atoms with E-state index in [1.807, 2.05) is 25.1 Å². The van der Waals surface area contributed by atoms with E-state index in [1.165, 1.54) is 17.4 Å². The van der Waals surface area contributed by atoms with E-state index in [2.05, 4.69) is 4.90 Å². The molecule has 34 heavy (non-hydrogen) atoms. The van der Waals surface area contributed by atoms with Crippen molar-refractivity contribution >= 4 is 42.4 Å². The van der Waals surface area contributed by atoms with Crippen LogP contribution in [0.5, 0.6) is 5.75 Å². The van der Waals surface area contributed by atoms with Gasteiger partial charge in [-0.3, -0.25) is 14.6 Å². The number of morpholine rings is 1. The van der Waals surface area contributed by atoms with E-state index in [0.29, 0.717) is 42.8 Å². The van der Waals surface area contributed by atoms with Crippen LogP contribution in [0.2, 0.25) is 0 Å². The second-order valence-corrected chi connectivity index (χ2v) is 11.1. The Morgan fingerprint density at radius 2 is 1.94 bits per heavy atom. The largest absolute Gasteiger partial charge is 0.492 e. The average molecular weight is 504 g/mol. The van der Waals surface area contributed by atoms with E-state index in [9.17, 15) is 13.2 Å². The van der Waals surface area contributed by atoms with Gasteiger partial charge in [0.25, 0.3) is 5.91 Å². The molecular weight excluding hydrogens is 474 g/mol. The minimum atomic E-state index is -3.58. The van der Waals surface area contributed by atoms with Crippen LogP contribution < -0.4 is 9.64 Å². The van der Waals surface area contributed by atoms with Crippen LogP contribution in [-0.2, 0) is 14.6 Å². The van der Waals surface area contributed by atoms with E-state index in [0.717, 1.165) is 37.0 Å². The molecule has 0 unspecified atom stereocenters. The number of ether oxygens (including phenoxy) is 2. The fourth-order valence-electron chi connectivity index (χ4n) is 3.97. The lowest BCUT2D eigenvalue weighted by Gasteiger charge is -2.28. The number of thiazole rings is 1. The highest BCUT2D eigenvalue weighted by Gasteiger charge is 2.26. The zero-order chi connectivity index (χ0) is 24.1. The first-order valence-electron chi connectivity index (χ1n) is 11.3. The highest BCUT2D eigenvalue weighted by molar-refractivity contribution is 7.90. The first kappa shape index (κ1) is 24.6. The highest BCUT2D eigenvalue weighted by Crippen LogP contribution is 2.35. The number of carbonyl (C=O) groups is 1. The molecule has 1 aliphatic heterocycles. The number of hydrogen-bond acceptors (Lipinski definition) is 8. The Bertz CT molecular complexity index is 1250. The Morgan fingerprint density at radius 3 is 2.68 bits per heavy atom. The number of hydrogen-bond donors (Lipinski definition) is 0. The van der Waals surface area contributed by atoms with Crippen molar-refractivity contribution in [2.45, 2.75) is 18.2 Å². The summed E-state index contributed by atoms with van der Waals surface area (Å²) in [5.41, 5.74) is 0.854. The molecule has 1 fully saturated rings. The molecule has 1 aliphatic rings. The SMILES string of the molecule is CCOc1cccc2sc(N(CCCN3CCOCC3)C(=O)c3ccccc3S(C)(=O)=O)nc12. The summed E-state index contributed by atoms with van der Waals surface area (Å²) in [5, 5.41) is 0.525. The summed E-state index contributed by atoms with van der Waals surface area (Å²) in [4.78, 5) is 22.4. The van der Waals surface area contributed by atoms with Crippen LogP contribution in [-0.4, -0.2) is 76.5 Å². The number of rotatable bonds is 9. The van der Waals surface area contributed by atoms with Crippen molar-refractivity contribution in [1.82, 2.24) is 9.88 Å². The molecule has 1 saturated heterocycles. The Balaban J connectivity index is 1.68. The Kier molecular flexibility index (Phi) is 7.82. The van der Waals surface area contributed by atoms with Crippen molar-refractivity contribution in [2.24, 2.45) is 0 Å². The first-order chi connectivity index (χ1) is 16.4. The summed E-state index contributed by atoms with van der Waals surface area (Å²) >= 11 is 1.40. The van der Waals surface area contributed by atoms with Crippen molar-refractivity contribution < 1.29 is 22.7 Å². The molecule has 0 spiro atoms. The average Bonchev–Trinajstić information content (AvgIpc) is 3.27. The van der Waals surface area contributed by atoms with Crippen LogP contribution in [0, 0.1) is 0 Å². The molecule has 8 nitrogen and oxygen atoms in total. The van der Waals surface area contributed by atoms with Crippen LogP contribution in [0.4, 0.5) is 5.13 Å². The minimum Gasteiger partial charge on any atom is -0.492 e. The summed E-state index contributed by atoms with van der Waals surface area (Å²) in [5.74, 6) is 0.291. The molecule has 0 aliphatic carbocycles. The van der Waals surface area contributed by atoms with Gasteiger partial charge in [-0.2, -0.15) is 0 Å². The van der Waals surface area contributed by atoms with Gasteiger partial charge in [0.05, 0.1) is 35.0 Å². The van der Waals surface area contributed by atoms with Crippen LogP contribution in [0.15, 0.2) is 47.4 Å². The van der Waals surface area contributed by atoms with Gasteiger partial charge in [-0.05, 0) is 37.6 Å². The van der Waals surface area contributed by atoms with Gasteiger partial charge in [0.1, 0.15) is 11.3 Å². The van der Waals surface area contributed by atoms with Crippen molar-refractivity contribution in [3.63, 3.8) is 0 Å². The molecule has 182 valence electrons. The van der Waals surface area contributed by atoms with E-state index >= 15 is 0 Å². The maximum atomic E-state index is 13.7. The molecule has 1 amide bonds. The number of nitrogens with zero attached hydrogens (tertiary/aromatic N) is 3. The van der Waals surface area contributed by atoms with Crippen molar-refractivity contribution in [2.75, 3.05) is 57.2 Å². The van der Waals surface area contributed by atoms with Crippen LogP contribution in [0.25, 0.3) is 10.2 Å². The number of amides is 1. The standard InChI is InChI=1S/C24H29N3O5S2/c1-3-32-19-9-6-10-20-22(19)25-24(33-20)27(13-7-12-26-14-16-31-17-15-26)23(28)18-8-4-5-11-21(18)34(2,29)30/h4-6,8-11H,3,7,12-17H2,1-2H3. The molecule has 10 heteroatoms. The Labute approximate surface area is 204 Å². The molecule has 0 bridgehead atoms. The third kappa shape index (κ3) is 5.57. The van der Waals surface area contributed by atoms with Crippen molar-refractivity contribution in [3.05, 3.63) is 48.0 Å². The van der Waals surface area contributed by atoms with Gasteiger partial charge in [0.15, 0.2) is 15.0 Å².